The Morgan fingerprint density at radius 2 is 1.65 bits per heavy atom. The number of carbonyl (C=O) groups excluding carboxylic acids is 1. The van der Waals surface area contributed by atoms with Crippen molar-refractivity contribution in [3.05, 3.63) is 30.3 Å². The lowest BCUT2D eigenvalue weighted by Crippen LogP contribution is -2.53. The van der Waals surface area contributed by atoms with E-state index in [4.69, 9.17) is 0 Å². The molecule has 23 heavy (non-hydrogen) atoms. The van der Waals surface area contributed by atoms with Crippen molar-refractivity contribution >= 4 is 16.1 Å². The highest BCUT2D eigenvalue weighted by molar-refractivity contribution is 7.89. The highest BCUT2D eigenvalue weighted by atomic mass is 32.2. The van der Waals surface area contributed by atoms with Gasteiger partial charge < -0.3 is 10.2 Å². The molecule has 2 amide bonds. The van der Waals surface area contributed by atoms with Gasteiger partial charge in [-0.25, -0.2) is 13.2 Å². The van der Waals surface area contributed by atoms with E-state index in [1.54, 1.807) is 35.2 Å². The van der Waals surface area contributed by atoms with Crippen molar-refractivity contribution in [2.75, 3.05) is 32.7 Å². The van der Waals surface area contributed by atoms with E-state index in [-0.39, 0.29) is 11.4 Å². The molecule has 0 bridgehead atoms. The number of benzene rings is 1. The first-order valence-corrected chi connectivity index (χ1v) is 9.22. The number of amides is 2. The van der Waals surface area contributed by atoms with Crippen molar-refractivity contribution in [3.63, 3.8) is 0 Å². The number of urea groups is 1. The summed E-state index contributed by atoms with van der Waals surface area (Å²) in [6, 6.07) is 8.27. The Morgan fingerprint density at radius 1 is 1.09 bits per heavy atom. The molecule has 0 radical (unpaired) electrons. The molecule has 0 saturated carbocycles. The van der Waals surface area contributed by atoms with Gasteiger partial charge in [0.1, 0.15) is 0 Å². The predicted octanol–water partition coefficient (Wildman–Crippen LogP) is 1.75. The van der Waals surface area contributed by atoms with E-state index in [2.05, 4.69) is 26.1 Å². The summed E-state index contributed by atoms with van der Waals surface area (Å²) < 4.78 is 26.5. The summed E-state index contributed by atoms with van der Waals surface area (Å²) in [5, 5.41) is 2.90. The van der Waals surface area contributed by atoms with Crippen LogP contribution in [-0.2, 0) is 10.0 Å². The van der Waals surface area contributed by atoms with Gasteiger partial charge in [0.25, 0.3) is 0 Å². The summed E-state index contributed by atoms with van der Waals surface area (Å²) in [5.41, 5.74) is 0.0220. The molecule has 1 heterocycles. The largest absolute Gasteiger partial charge is 0.337 e. The second-order valence-electron chi connectivity index (χ2n) is 6.92. The number of rotatable bonds is 3. The number of sulfonamides is 1. The number of piperazine rings is 1. The maximum atomic E-state index is 12.5. The van der Waals surface area contributed by atoms with Crippen molar-refractivity contribution in [1.82, 2.24) is 14.5 Å². The fraction of sp³-hybridized carbons (Fsp3) is 0.562. The fourth-order valence-electron chi connectivity index (χ4n) is 2.33. The van der Waals surface area contributed by atoms with Crippen LogP contribution in [0, 0.1) is 5.41 Å². The lowest BCUT2D eigenvalue weighted by atomic mass is 9.97. The number of hydrogen-bond donors (Lipinski definition) is 1. The van der Waals surface area contributed by atoms with E-state index in [1.165, 1.54) is 4.31 Å². The zero-order chi connectivity index (χ0) is 17.1. The second-order valence-corrected chi connectivity index (χ2v) is 8.86. The van der Waals surface area contributed by atoms with E-state index in [1.807, 2.05) is 0 Å². The van der Waals surface area contributed by atoms with Crippen LogP contribution in [0.1, 0.15) is 20.8 Å². The number of carbonyl (C=O) groups is 1. The lowest BCUT2D eigenvalue weighted by molar-refractivity contribution is 0.169. The van der Waals surface area contributed by atoms with E-state index in [9.17, 15) is 13.2 Å². The van der Waals surface area contributed by atoms with Gasteiger partial charge in [-0.2, -0.15) is 4.31 Å². The minimum atomic E-state index is -3.47. The van der Waals surface area contributed by atoms with Crippen molar-refractivity contribution < 1.29 is 13.2 Å². The normalized spacial score (nSPS) is 17.1. The monoisotopic (exact) mass is 339 g/mol. The molecular weight excluding hydrogens is 314 g/mol. The minimum absolute atomic E-state index is 0.0220. The Balaban J connectivity index is 1.92. The van der Waals surface area contributed by atoms with Crippen molar-refractivity contribution in [2.24, 2.45) is 5.41 Å². The zero-order valence-electron chi connectivity index (χ0n) is 13.9. The average molecular weight is 339 g/mol. The summed E-state index contributed by atoms with van der Waals surface area (Å²) in [6.45, 7) is 8.20. The molecule has 128 valence electrons. The summed E-state index contributed by atoms with van der Waals surface area (Å²) >= 11 is 0. The third-order valence-corrected chi connectivity index (χ3v) is 5.59. The molecule has 1 aromatic carbocycles. The van der Waals surface area contributed by atoms with Crippen LogP contribution in [0.5, 0.6) is 0 Å². The van der Waals surface area contributed by atoms with Gasteiger partial charge in [-0.3, -0.25) is 0 Å². The maximum absolute atomic E-state index is 12.5. The van der Waals surface area contributed by atoms with Crippen LogP contribution in [0.15, 0.2) is 35.2 Å². The molecule has 1 aliphatic heterocycles. The van der Waals surface area contributed by atoms with E-state index >= 15 is 0 Å². The first kappa shape index (κ1) is 17.7. The Kier molecular flexibility index (Phi) is 5.31. The van der Waals surface area contributed by atoms with Crippen molar-refractivity contribution in [1.29, 1.82) is 0 Å². The average Bonchev–Trinajstić information content (AvgIpc) is 2.53. The molecule has 0 atom stereocenters. The quantitative estimate of drug-likeness (QED) is 0.912. The van der Waals surface area contributed by atoms with Gasteiger partial charge in [-0.15, -0.1) is 0 Å². The highest BCUT2D eigenvalue weighted by Gasteiger charge is 2.30. The molecule has 0 aliphatic carbocycles. The van der Waals surface area contributed by atoms with Gasteiger partial charge in [0.05, 0.1) is 4.90 Å². The summed E-state index contributed by atoms with van der Waals surface area (Å²) in [4.78, 5) is 14.1. The van der Waals surface area contributed by atoms with Crippen LogP contribution < -0.4 is 5.32 Å². The molecule has 1 saturated heterocycles. The Bertz CT molecular complexity index is 630. The SMILES string of the molecule is CC(C)(C)CNC(=O)N1CCN(S(=O)(=O)c2ccccc2)CC1. The minimum Gasteiger partial charge on any atom is -0.337 e. The van der Waals surface area contributed by atoms with Gasteiger partial charge in [0, 0.05) is 32.7 Å². The molecule has 1 aromatic rings. The molecule has 0 spiro atoms. The van der Waals surface area contributed by atoms with Crippen LogP contribution in [0.3, 0.4) is 0 Å². The third-order valence-electron chi connectivity index (χ3n) is 3.68. The first-order valence-electron chi connectivity index (χ1n) is 7.78. The van der Waals surface area contributed by atoms with E-state index in [0.717, 1.165) is 0 Å². The van der Waals surface area contributed by atoms with Crippen LogP contribution >= 0.6 is 0 Å². The second kappa shape index (κ2) is 6.88. The molecule has 0 unspecified atom stereocenters. The van der Waals surface area contributed by atoms with Crippen LogP contribution in [0.25, 0.3) is 0 Å². The van der Waals surface area contributed by atoms with Crippen LogP contribution in [-0.4, -0.2) is 56.4 Å². The topological polar surface area (TPSA) is 69.7 Å². The zero-order valence-corrected chi connectivity index (χ0v) is 14.8. The number of nitrogens with zero attached hydrogens (tertiary/aromatic N) is 2. The molecule has 2 rings (SSSR count). The maximum Gasteiger partial charge on any atom is 0.317 e. The Labute approximate surface area is 138 Å². The summed E-state index contributed by atoms with van der Waals surface area (Å²) in [6.07, 6.45) is 0. The molecule has 6 nitrogen and oxygen atoms in total. The summed E-state index contributed by atoms with van der Waals surface area (Å²) in [7, 11) is -3.47. The standard InChI is InChI=1S/C16H25N3O3S/c1-16(2,3)13-17-15(20)18-9-11-19(12-10-18)23(21,22)14-7-5-4-6-8-14/h4-8H,9-13H2,1-3H3,(H,17,20). The van der Waals surface area contributed by atoms with Gasteiger partial charge in [-0.05, 0) is 17.5 Å². The first-order chi connectivity index (χ1) is 10.7. The van der Waals surface area contributed by atoms with Crippen molar-refractivity contribution in [2.45, 2.75) is 25.7 Å². The third kappa shape index (κ3) is 4.68. The summed E-state index contributed by atoms with van der Waals surface area (Å²) in [5.74, 6) is 0. The molecule has 1 N–H and O–H groups in total. The number of hydrogen-bond acceptors (Lipinski definition) is 3. The number of nitrogens with one attached hydrogen (secondary N) is 1. The van der Waals surface area contributed by atoms with E-state index < -0.39 is 10.0 Å². The van der Waals surface area contributed by atoms with Crippen molar-refractivity contribution in [3.8, 4) is 0 Å². The van der Waals surface area contributed by atoms with Gasteiger partial charge in [-0.1, -0.05) is 39.0 Å². The molecule has 1 aliphatic rings. The van der Waals surface area contributed by atoms with E-state index in [0.29, 0.717) is 37.6 Å². The van der Waals surface area contributed by atoms with Crippen LogP contribution in [0.2, 0.25) is 0 Å². The van der Waals surface area contributed by atoms with Gasteiger partial charge >= 0.3 is 6.03 Å². The molecule has 1 fully saturated rings. The molecule has 7 heteroatoms. The predicted molar refractivity (Wildman–Crippen MR) is 89.6 cm³/mol. The van der Waals surface area contributed by atoms with Crippen LogP contribution in [0.4, 0.5) is 4.79 Å². The van der Waals surface area contributed by atoms with Gasteiger partial charge in [0.15, 0.2) is 0 Å². The molecule has 0 aromatic heterocycles. The molecular formula is C16H25N3O3S. The fourth-order valence-corrected chi connectivity index (χ4v) is 3.77. The Hall–Kier alpha value is -1.60. The Morgan fingerprint density at radius 3 is 2.17 bits per heavy atom. The van der Waals surface area contributed by atoms with Gasteiger partial charge in [0.2, 0.25) is 10.0 Å². The smallest absolute Gasteiger partial charge is 0.317 e. The highest BCUT2D eigenvalue weighted by Crippen LogP contribution is 2.17. The lowest BCUT2D eigenvalue weighted by Gasteiger charge is -2.34.